The molecule has 0 bridgehead atoms. The van der Waals surface area contributed by atoms with E-state index in [2.05, 4.69) is 20.9 Å². The Kier molecular flexibility index (Phi) is 4.71. The molecule has 0 saturated carbocycles. The van der Waals surface area contributed by atoms with Crippen LogP contribution in [0.4, 0.5) is 9.18 Å². The highest BCUT2D eigenvalue weighted by Crippen LogP contribution is 2.26. The van der Waals surface area contributed by atoms with Crippen LogP contribution in [0.1, 0.15) is 33.5 Å². The molecule has 0 saturated heterocycles. The van der Waals surface area contributed by atoms with Gasteiger partial charge in [-0.25, -0.2) is 14.2 Å². The average Bonchev–Trinajstić information content (AvgIpc) is 2.65. The highest BCUT2D eigenvalue weighted by molar-refractivity contribution is 9.10. The largest absolute Gasteiger partial charge is 0.465 e. The zero-order valence-corrected chi connectivity index (χ0v) is 15.5. The van der Waals surface area contributed by atoms with Gasteiger partial charge < -0.3 is 9.67 Å². The first-order valence-corrected chi connectivity index (χ1v) is 8.16. The smallest absolute Gasteiger partial charge is 0.408 e. The average molecular weight is 386 g/mol. The Morgan fingerprint density at radius 2 is 2.09 bits per heavy atom. The fourth-order valence-corrected chi connectivity index (χ4v) is 3.40. The molecule has 1 atom stereocenters. The number of carbonyl (C=O) groups is 1. The van der Waals surface area contributed by atoms with Gasteiger partial charge in [0.2, 0.25) is 0 Å². The van der Waals surface area contributed by atoms with Crippen molar-refractivity contribution in [3.63, 3.8) is 0 Å². The number of imidazole rings is 1. The molecule has 1 N–H and O–H groups in total. The fourth-order valence-electron chi connectivity index (χ4n) is 2.98. The first kappa shape index (κ1) is 17.7. The molecule has 7 heteroatoms. The van der Waals surface area contributed by atoms with Gasteiger partial charge in [-0.1, -0.05) is 15.9 Å². The number of benzene rings is 1. The van der Waals surface area contributed by atoms with Gasteiger partial charge in [-0.2, -0.15) is 0 Å². The van der Waals surface area contributed by atoms with E-state index in [4.69, 9.17) is 0 Å². The summed E-state index contributed by atoms with van der Waals surface area (Å²) in [5.74, 6) is 0.262. The molecule has 0 aliphatic heterocycles. The van der Waals surface area contributed by atoms with Gasteiger partial charge in [-0.05, 0) is 46.8 Å². The van der Waals surface area contributed by atoms with Gasteiger partial charge in [0.15, 0.2) is 5.82 Å². The van der Waals surface area contributed by atoms with Crippen LogP contribution >= 0.6 is 15.9 Å². The van der Waals surface area contributed by atoms with Gasteiger partial charge in [0.25, 0.3) is 0 Å². The lowest BCUT2D eigenvalue weighted by atomic mass is 10.0. The van der Waals surface area contributed by atoms with Crippen molar-refractivity contribution in [3.8, 4) is 0 Å². The second kappa shape index (κ2) is 6.11. The first-order valence-electron chi connectivity index (χ1n) is 7.36. The number of halogens is 2. The van der Waals surface area contributed by atoms with E-state index < -0.39 is 17.4 Å². The summed E-state index contributed by atoms with van der Waals surface area (Å²) in [6.07, 6.45) is -0.973. The molecule has 0 aliphatic rings. The zero-order valence-electron chi connectivity index (χ0n) is 13.9. The maximum atomic E-state index is 14.0. The molecule has 1 aromatic carbocycles. The normalized spacial score (nSPS) is 13.3. The van der Waals surface area contributed by atoms with Crippen molar-refractivity contribution >= 4 is 33.1 Å². The number of nitrogens with zero attached hydrogens (tertiary/aromatic N) is 3. The summed E-state index contributed by atoms with van der Waals surface area (Å²) in [5, 5.41) is 9.51. The lowest BCUT2D eigenvalue weighted by Gasteiger charge is -2.38. The van der Waals surface area contributed by atoms with E-state index in [1.807, 2.05) is 32.3 Å². The van der Waals surface area contributed by atoms with E-state index in [-0.39, 0.29) is 6.04 Å². The molecule has 0 spiro atoms. The van der Waals surface area contributed by atoms with E-state index in [0.29, 0.717) is 27.9 Å². The third kappa shape index (κ3) is 3.49. The fraction of sp³-hybridized carbons (Fsp3) is 0.500. The molecule has 0 fully saturated rings. The van der Waals surface area contributed by atoms with Crippen molar-refractivity contribution in [2.45, 2.75) is 52.7 Å². The van der Waals surface area contributed by atoms with Crippen LogP contribution in [0.3, 0.4) is 0 Å². The Morgan fingerprint density at radius 3 is 2.61 bits per heavy atom. The highest BCUT2D eigenvalue weighted by Gasteiger charge is 2.31. The number of hydrogen-bond donors (Lipinski definition) is 1. The quantitative estimate of drug-likeness (QED) is 0.850. The van der Waals surface area contributed by atoms with Crippen LogP contribution in [0.25, 0.3) is 11.0 Å². The maximum Gasteiger partial charge on any atom is 0.408 e. The lowest BCUT2D eigenvalue weighted by Crippen LogP contribution is -2.51. The monoisotopic (exact) mass is 385 g/mol. The van der Waals surface area contributed by atoms with Gasteiger partial charge in [0.05, 0.1) is 11.6 Å². The van der Waals surface area contributed by atoms with Crippen LogP contribution in [0.15, 0.2) is 16.6 Å². The molecule has 23 heavy (non-hydrogen) atoms. The van der Waals surface area contributed by atoms with Gasteiger partial charge in [0.1, 0.15) is 11.3 Å². The standard InChI is InChI=1S/C16H21BrFN3O2/c1-9(21(15(22)23)16(3,4)5)8-20-10(2)19-14-12(18)6-11(17)7-13(14)20/h6-7,9H,8H2,1-5H3,(H,22,23). The van der Waals surface area contributed by atoms with E-state index in [9.17, 15) is 14.3 Å². The summed E-state index contributed by atoms with van der Waals surface area (Å²) in [6.45, 7) is 9.61. The van der Waals surface area contributed by atoms with Crippen molar-refractivity contribution < 1.29 is 14.3 Å². The number of fused-ring (bicyclic) bond motifs is 1. The van der Waals surface area contributed by atoms with Crippen molar-refractivity contribution in [1.82, 2.24) is 14.5 Å². The Balaban J connectivity index is 2.45. The van der Waals surface area contributed by atoms with E-state index in [1.54, 1.807) is 13.0 Å². The Hall–Kier alpha value is -1.63. The van der Waals surface area contributed by atoms with Gasteiger partial charge in [0, 0.05) is 16.6 Å². The van der Waals surface area contributed by atoms with Crippen LogP contribution in [0.5, 0.6) is 0 Å². The number of aryl methyl sites for hydroxylation is 1. The van der Waals surface area contributed by atoms with Gasteiger partial charge in [-0.15, -0.1) is 0 Å². The van der Waals surface area contributed by atoms with Crippen molar-refractivity contribution in [3.05, 3.63) is 28.2 Å². The third-order valence-corrected chi connectivity index (χ3v) is 4.24. The minimum atomic E-state index is -0.973. The minimum absolute atomic E-state index is 0.286. The second-order valence-corrected chi connectivity index (χ2v) is 7.61. The first-order chi connectivity index (χ1) is 10.5. The molecule has 0 radical (unpaired) electrons. The number of rotatable bonds is 3. The summed E-state index contributed by atoms with van der Waals surface area (Å²) < 4.78 is 16.5. The van der Waals surface area contributed by atoms with Crippen molar-refractivity contribution in [2.24, 2.45) is 0 Å². The Bertz CT molecular complexity index is 752. The molecular formula is C16H21BrFN3O2. The van der Waals surface area contributed by atoms with E-state index >= 15 is 0 Å². The van der Waals surface area contributed by atoms with E-state index in [1.165, 1.54) is 11.0 Å². The molecule has 1 aromatic heterocycles. The Labute approximate surface area is 143 Å². The molecule has 126 valence electrons. The van der Waals surface area contributed by atoms with E-state index in [0.717, 1.165) is 0 Å². The molecule has 5 nitrogen and oxygen atoms in total. The highest BCUT2D eigenvalue weighted by atomic mass is 79.9. The minimum Gasteiger partial charge on any atom is -0.465 e. The third-order valence-electron chi connectivity index (χ3n) is 3.78. The van der Waals surface area contributed by atoms with Gasteiger partial charge >= 0.3 is 6.09 Å². The second-order valence-electron chi connectivity index (χ2n) is 6.70. The summed E-state index contributed by atoms with van der Waals surface area (Å²) in [4.78, 5) is 17.3. The van der Waals surface area contributed by atoms with Crippen LogP contribution in [0.2, 0.25) is 0 Å². The topological polar surface area (TPSA) is 58.4 Å². The molecule has 2 aromatic rings. The number of hydrogen-bond acceptors (Lipinski definition) is 2. The van der Waals surface area contributed by atoms with Gasteiger partial charge in [-0.3, -0.25) is 4.90 Å². The van der Waals surface area contributed by atoms with Crippen molar-refractivity contribution in [1.29, 1.82) is 0 Å². The summed E-state index contributed by atoms with van der Waals surface area (Å²) >= 11 is 3.29. The van der Waals surface area contributed by atoms with Crippen LogP contribution in [0, 0.1) is 12.7 Å². The number of aromatic nitrogens is 2. The summed E-state index contributed by atoms with van der Waals surface area (Å²) in [7, 11) is 0. The maximum absolute atomic E-state index is 14.0. The SMILES string of the molecule is Cc1nc2c(F)cc(Br)cc2n1CC(C)N(C(=O)O)C(C)(C)C. The number of amides is 1. The van der Waals surface area contributed by atoms with Crippen molar-refractivity contribution in [2.75, 3.05) is 0 Å². The molecule has 1 heterocycles. The Morgan fingerprint density at radius 1 is 1.48 bits per heavy atom. The van der Waals surface area contributed by atoms with Crippen LogP contribution in [-0.2, 0) is 6.54 Å². The molecule has 1 unspecified atom stereocenters. The predicted molar refractivity (Wildman–Crippen MR) is 91.2 cm³/mol. The summed E-state index contributed by atoms with van der Waals surface area (Å²) in [5.41, 5.74) is 0.428. The summed E-state index contributed by atoms with van der Waals surface area (Å²) in [6, 6.07) is 2.89. The lowest BCUT2D eigenvalue weighted by molar-refractivity contribution is 0.0702. The zero-order chi connectivity index (χ0) is 17.5. The van der Waals surface area contributed by atoms with Crippen LogP contribution in [-0.4, -0.2) is 37.2 Å². The molecule has 1 amide bonds. The molecular weight excluding hydrogens is 365 g/mol. The number of carboxylic acid groups (broad SMARTS) is 1. The predicted octanol–water partition coefficient (Wildman–Crippen LogP) is 4.41. The van der Waals surface area contributed by atoms with Crippen LogP contribution < -0.4 is 0 Å². The molecule has 2 rings (SSSR count). The molecule has 0 aliphatic carbocycles.